The van der Waals surface area contributed by atoms with Crippen molar-refractivity contribution in [2.45, 2.75) is 39.4 Å². The molecule has 1 aromatic rings. The second-order valence-corrected chi connectivity index (χ2v) is 4.52. The Morgan fingerprint density at radius 2 is 2.24 bits per heavy atom. The van der Waals surface area contributed by atoms with Crippen LogP contribution in [0.3, 0.4) is 0 Å². The van der Waals surface area contributed by atoms with E-state index in [2.05, 4.69) is 6.92 Å². The minimum atomic E-state index is -0.284. The second-order valence-electron chi connectivity index (χ2n) is 4.08. The Hall–Kier alpha value is -1.00. The summed E-state index contributed by atoms with van der Waals surface area (Å²) in [7, 11) is 0. The largest absolute Gasteiger partial charge is 0.389 e. The summed E-state index contributed by atoms with van der Waals surface area (Å²) >= 11 is 4.86. The first-order valence-corrected chi connectivity index (χ1v) is 6.15. The van der Waals surface area contributed by atoms with E-state index in [-0.39, 0.29) is 23.5 Å². The zero-order valence-electron chi connectivity index (χ0n) is 10.2. The molecule has 1 atom stereocenters. The van der Waals surface area contributed by atoms with Crippen LogP contribution in [-0.2, 0) is 11.3 Å². The van der Waals surface area contributed by atoms with Gasteiger partial charge in [-0.1, -0.05) is 25.6 Å². The zero-order valence-corrected chi connectivity index (χ0v) is 11.0. The molecule has 0 saturated heterocycles. The number of benzene rings is 1. The van der Waals surface area contributed by atoms with Gasteiger partial charge in [-0.05, 0) is 31.5 Å². The highest BCUT2D eigenvalue weighted by atomic mass is 32.1. The fourth-order valence-electron chi connectivity index (χ4n) is 1.56. The lowest BCUT2D eigenvalue weighted by atomic mass is 10.1. The van der Waals surface area contributed by atoms with Crippen LogP contribution in [0.2, 0.25) is 0 Å². The molecule has 1 rings (SSSR count). The highest BCUT2D eigenvalue weighted by molar-refractivity contribution is 7.80. The summed E-state index contributed by atoms with van der Waals surface area (Å²) in [6, 6.07) is 4.60. The molecule has 0 aromatic heterocycles. The fourth-order valence-corrected chi connectivity index (χ4v) is 1.69. The first kappa shape index (κ1) is 14.1. The molecule has 0 radical (unpaired) electrons. The standard InChI is InChI=1S/C13H18FNOS/c1-3-4-9(2)16-8-11-7-10(13(15)17)5-6-12(11)14/h5-7,9H,3-4,8H2,1-2H3,(H2,15,17). The maximum atomic E-state index is 13.5. The molecule has 0 heterocycles. The van der Waals surface area contributed by atoms with Gasteiger partial charge in [0, 0.05) is 11.1 Å². The Labute approximate surface area is 107 Å². The molecule has 0 saturated carbocycles. The molecule has 2 N–H and O–H groups in total. The highest BCUT2D eigenvalue weighted by Crippen LogP contribution is 2.14. The van der Waals surface area contributed by atoms with Crippen molar-refractivity contribution in [1.29, 1.82) is 0 Å². The molecule has 0 aliphatic rings. The van der Waals surface area contributed by atoms with Crippen LogP contribution in [-0.4, -0.2) is 11.1 Å². The molecule has 1 unspecified atom stereocenters. The van der Waals surface area contributed by atoms with Gasteiger partial charge in [0.05, 0.1) is 12.7 Å². The van der Waals surface area contributed by atoms with Crippen molar-refractivity contribution in [1.82, 2.24) is 0 Å². The number of halogens is 1. The van der Waals surface area contributed by atoms with Gasteiger partial charge >= 0.3 is 0 Å². The van der Waals surface area contributed by atoms with E-state index < -0.39 is 0 Å². The Kier molecular flexibility index (Phi) is 5.51. The maximum Gasteiger partial charge on any atom is 0.128 e. The van der Waals surface area contributed by atoms with E-state index in [4.69, 9.17) is 22.7 Å². The van der Waals surface area contributed by atoms with Gasteiger partial charge in [0.25, 0.3) is 0 Å². The van der Waals surface area contributed by atoms with Crippen LogP contribution >= 0.6 is 12.2 Å². The molecule has 0 aliphatic carbocycles. The zero-order chi connectivity index (χ0) is 12.8. The summed E-state index contributed by atoms with van der Waals surface area (Å²) in [5, 5.41) is 0. The van der Waals surface area contributed by atoms with Gasteiger partial charge in [-0.2, -0.15) is 0 Å². The van der Waals surface area contributed by atoms with Crippen LogP contribution < -0.4 is 5.73 Å². The first-order chi connectivity index (χ1) is 8.04. The summed E-state index contributed by atoms with van der Waals surface area (Å²) in [6.07, 6.45) is 2.15. The van der Waals surface area contributed by atoms with E-state index in [0.717, 1.165) is 12.8 Å². The smallest absolute Gasteiger partial charge is 0.128 e. The van der Waals surface area contributed by atoms with Crippen LogP contribution in [0.1, 0.15) is 37.8 Å². The topological polar surface area (TPSA) is 35.2 Å². The highest BCUT2D eigenvalue weighted by Gasteiger charge is 2.07. The average molecular weight is 255 g/mol. The average Bonchev–Trinajstić information content (AvgIpc) is 2.28. The Morgan fingerprint density at radius 3 is 2.82 bits per heavy atom. The monoisotopic (exact) mass is 255 g/mol. The third-order valence-electron chi connectivity index (χ3n) is 2.55. The van der Waals surface area contributed by atoms with Crippen LogP contribution in [0.15, 0.2) is 18.2 Å². The lowest BCUT2D eigenvalue weighted by molar-refractivity contribution is 0.0456. The van der Waals surface area contributed by atoms with Crippen molar-refractivity contribution in [2.24, 2.45) is 5.73 Å². The van der Waals surface area contributed by atoms with Crippen LogP contribution in [0, 0.1) is 5.82 Å². The second kappa shape index (κ2) is 6.67. The molecule has 0 amide bonds. The number of ether oxygens (including phenoxy) is 1. The van der Waals surface area contributed by atoms with Gasteiger partial charge in [0.1, 0.15) is 10.8 Å². The van der Waals surface area contributed by atoms with Gasteiger partial charge in [-0.3, -0.25) is 0 Å². The Bertz CT molecular complexity index is 395. The van der Waals surface area contributed by atoms with E-state index in [1.54, 1.807) is 12.1 Å². The van der Waals surface area contributed by atoms with Crippen molar-refractivity contribution in [3.8, 4) is 0 Å². The van der Waals surface area contributed by atoms with E-state index in [1.165, 1.54) is 6.07 Å². The van der Waals surface area contributed by atoms with E-state index in [0.29, 0.717) is 11.1 Å². The maximum absolute atomic E-state index is 13.5. The number of hydrogen-bond acceptors (Lipinski definition) is 2. The predicted molar refractivity (Wildman–Crippen MR) is 71.4 cm³/mol. The molecule has 94 valence electrons. The lowest BCUT2D eigenvalue weighted by Crippen LogP contribution is -2.12. The molecular formula is C13H18FNOS. The summed E-state index contributed by atoms with van der Waals surface area (Å²) in [5.41, 5.74) is 6.67. The molecule has 0 spiro atoms. The third-order valence-corrected chi connectivity index (χ3v) is 2.78. The minimum absolute atomic E-state index is 0.132. The number of nitrogens with two attached hydrogens (primary N) is 1. The Balaban J connectivity index is 2.69. The van der Waals surface area contributed by atoms with E-state index >= 15 is 0 Å². The van der Waals surface area contributed by atoms with Gasteiger partial charge < -0.3 is 10.5 Å². The molecule has 2 nitrogen and oxygen atoms in total. The minimum Gasteiger partial charge on any atom is -0.389 e. The molecule has 17 heavy (non-hydrogen) atoms. The van der Waals surface area contributed by atoms with Gasteiger partial charge in [0.2, 0.25) is 0 Å². The summed E-state index contributed by atoms with van der Waals surface area (Å²) in [4.78, 5) is 0.271. The number of hydrogen-bond donors (Lipinski definition) is 1. The van der Waals surface area contributed by atoms with Gasteiger partial charge in [0.15, 0.2) is 0 Å². The quantitative estimate of drug-likeness (QED) is 0.793. The number of thiocarbonyl (C=S) groups is 1. The van der Waals surface area contributed by atoms with Crippen molar-refractivity contribution in [2.75, 3.05) is 0 Å². The van der Waals surface area contributed by atoms with Crippen LogP contribution in [0.4, 0.5) is 4.39 Å². The summed E-state index contributed by atoms with van der Waals surface area (Å²) in [5.74, 6) is -0.284. The van der Waals surface area contributed by atoms with Gasteiger partial charge in [-0.25, -0.2) is 4.39 Å². The number of rotatable bonds is 6. The Morgan fingerprint density at radius 1 is 1.53 bits per heavy atom. The van der Waals surface area contributed by atoms with Crippen molar-refractivity contribution in [3.05, 3.63) is 35.1 Å². The summed E-state index contributed by atoms with van der Waals surface area (Å²) in [6.45, 7) is 4.33. The molecule has 1 aromatic carbocycles. The van der Waals surface area contributed by atoms with E-state index in [9.17, 15) is 4.39 Å². The van der Waals surface area contributed by atoms with E-state index in [1.807, 2.05) is 6.92 Å². The predicted octanol–water partition coefficient (Wildman–Crippen LogP) is 3.17. The lowest BCUT2D eigenvalue weighted by Gasteiger charge is -2.13. The molecule has 4 heteroatoms. The van der Waals surface area contributed by atoms with Crippen molar-refractivity contribution in [3.63, 3.8) is 0 Å². The molecule has 0 fully saturated rings. The normalized spacial score (nSPS) is 12.4. The molecule has 0 bridgehead atoms. The fraction of sp³-hybridized carbons (Fsp3) is 0.462. The third kappa shape index (κ3) is 4.40. The van der Waals surface area contributed by atoms with Crippen LogP contribution in [0.25, 0.3) is 0 Å². The molecular weight excluding hydrogens is 237 g/mol. The van der Waals surface area contributed by atoms with Crippen molar-refractivity contribution < 1.29 is 9.13 Å². The van der Waals surface area contributed by atoms with Crippen LogP contribution in [0.5, 0.6) is 0 Å². The van der Waals surface area contributed by atoms with Crippen molar-refractivity contribution >= 4 is 17.2 Å². The first-order valence-electron chi connectivity index (χ1n) is 5.74. The van der Waals surface area contributed by atoms with Gasteiger partial charge in [-0.15, -0.1) is 0 Å². The summed E-state index contributed by atoms with van der Waals surface area (Å²) < 4.78 is 19.1. The SMILES string of the molecule is CCCC(C)OCc1cc(C(N)=S)ccc1F. The molecule has 0 aliphatic heterocycles.